The van der Waals surface area contributed by atoms with Gasteiger partial charge in [0.2, 0.25) is 0 Å². The van der Waals surface area contributed by atoms with Gasteiger partial charge in [-0.05, 0) is 43.3 Å². The normalized spacial score (nSPS) is 11.4. The third kappa shape index (κ3) is 3.63. The van der Waals surface area contributed by atoms with Gasteiger partial charge in [0.25, 0.3) is 0 Å². The number of aromatic carboxylic acids is 1. The number of halogens is 2. The first-order valence-electron chi connectivity index (χ1n) is 10.1. The van der Waals surface area contributed by atoms with Crippen molar-refractivity contribution in [2.24, 2.45) is 0 Å². The number of imidazole rings is 2. The Kier molecular flexibility index (Phi) is 4.93. The van der Waals surface area contributed by atoms with Gasteiger partial charge in [-0.1, -0.05) is 5.21 Å². The topological polar surface area (TPSA) is 104 Å². The molecule has 5 aromatic rings. The minimum absolute atomic E-state index is 0.0712. The van der Waals surface area contributed by atoms with Crippen LogP contribution in [0.25, 0.3) is 28.1 Å². The van der Waals surface area contributed by atoms with Crippen LogP contribution >= 0.6 is 0 Å². The molecule has 11 heteroatoms. The highest BCUT2D eigenvalue weighted by molar-refractivity contribution is 5.85. The Morgan fingerprint density at radius 3 is 2.76 bits per heavy atom. The average molecular weight is 449 g/mol. The maximum Gasteiger partial charge on any atom is 0.358 e. The summed E-state index contributed by atoms with van der Waals surface area (Å²) in [6.07, 6.45) is 4.54. The molecule has 166 valence electrons. The van der Waals surface area contributed by atoms with Crippen molar-refractivity contribution < 1.29 is 18.7 Å². The van der Waals surface area contributed by atoms with Crippen LogP contribution in [0.2, 0.25) is 0 Å². The molecule has 0 spiro atoms. The zero-order chi connectivity index (χ0) is 23.1. The van der Waals surface area contributed by atoms with Gasteiger partial charge in [-0.15, -0.1) is 5.10 Å². The van der Waals surface area contributed by atoms with Crippen LogP contribution in [0.3, 0.4) is 0 Å². The Balaban J connectivity index is 1.54. The van der Waals surface area contributed by atoms with Gasteiger partial charge in [0.15, 0.2) is 5.69 Å². The number of nitrogens with zero attached hydrogens (tertiary/aromatic N) is 7. The summed E-state index contributed by atoms with van der Waals surface area (Å²) in [6.45, 7) is 2.90. The molecule has 0 atom stereocenters. The van der Waals surface area contributed by atoms with Gasteiger partial charge in [0.05, 0.1) is 35.0 Å². The summed E-state index contributed by atoms with van der Waals surface area (Å²) in [5.41, 5.74) is 2.07. The summed E-state index contributed by atoms with van der Waals surface area (Å²) in [6, 6.07) is 8.71. The minimum Gasteiger partial charge on any atom is -0.476 e. The van der Waals surface area contributed by atoms with E-state index in [-0.39, 0.29) is 17.8 Å². The fourth-order valence-electron chi connectivity index (χ4n) is 3.77. The van der Waals surface area contributed by atoms with Crippen LogP contribution in [0.4, 0.5) is 8.78 Å². The second-order valence-corrected chi connectivity index (χ2v) is 7.30. The number of hydrogen-bond acceptors (Lipinski definition) is 5. The van der Waals surface area contributed by atoms with Gasteiger partial charge in [0.1, 0.15) is 23.3 Å². The molecule has 0 aliphatic rings. The Hall–Kier alpha value is -4.41. The Morgan fingerprint density at radius 2 is 2.00 bits per heavy atom. The molecule has 33 heavy (non-hydrogen) atoms. The molecule has 0 amide bonds. The summed E-state index contributed by atoms with van der Waals surface area (Å²) in [5, 5.41) is 16.6. The van der Waals surface area contributed by atoms with E-state index >= 15 is 0 Å². The third-order valence-corrected chi connectivity index (χ3v) is 5.30. The molecule has 0 saturated heterocycles. The smallest absolute Gasteiger partial charge is 0.358 e. The number of rotatable bonds is 6. The number of hydrogen-bond donors (Lipinski definition) is 1. The molecule has 0 aliphatic carbocycles. The van der Waals surface area contributed by atoms with Gasteiger partial charge in [-0.25, -0.2) is 28.2 Å². The second kappa shape index (κ2) is 7.93. The van der Waals surface area contributed by atoms with Crippen LogP contribution < -0.4 is 0 Å². The lowest BCUT2D eigenvalue weighted by Gasteiger charge is -2.10. The SMILES string of the molecule is CCn1c(Cn2ccnc2-c2cc(F)ccc2F)nc2cc(-n3cc(C(=O)O)nn3)ccc21. The van der Waals surface area contributed by atoms with Crippen molar-refractivity contribution in [1.29, 1.82) is 0 Å². The zero-order valence-electron chi connectivity index (χ0n) is 17.4. The molecule has 0 unspecified atom stereocenters. The molecule has 2 aromatic carbocycles. The summed E-state index contributed by atoms with van der Waals surface area (Å²) >= 11 is 0. The van der Waals surface area contributed by atoms with Crippen LogP contribution in [0, 0.1) is 11.6 Å². The lowest BCUT2D eigenvalue weighted by Crippen LogP contribution is -2.09. The quantitative estimate of drug-likeness (QED) is 0.425. The number of aryl methyl sites for hydroxylation is 1. The molecule has 0 saturated carbocycles. The molecule has 0 fully saturated rings. The molecule has 0 aliphatic heterocycles. The van der Waals surface area contributed by atoms with Crippen molar-refractivity contribution in [3.63, 3.8) is 0 Å². The second-order valence-electron chi connectivity index (χ2n) is 7.30. The number of aromatic nitrogens is 7. The largest absolute Gasteiger partial charge is 0.476 e. The molecule has 9 nitrogen and oxygen atoms in total. The summed E-state index contributed by atoms with van der Waals surface area (Å²) in [4.78, 5) is 20.0. The van der Waals surface area contributed by atoms with E-state index in [2.05, 4.69) is 15.3 Å². The van der Waals surface area contributed by atoms with E-state index in [0.29, 0.717) is 29.4 Å². The molecule has 0 bridgehead atoms. The van der Waals surface area contributed by atoms with Crippen molar-refractivity contribution in [3.8, 4) is 17.1 Å². The molecular formula is C22H17F2N7O2. The van der Waals surface area contributed by atoms with Crippen LogP contribution in [-0.2, 0) is 13.1 Å². The Bertz CT molecular complexity index is 1500. The van der Waals surface area contributed by atoms with E-state index in [1.165, 1.54) is 17.1 Å². The van der Waals surface area contributed by atoms with E-state index in [1.807, 2.05) is 17.6 Å². The van der Waals surface area contributed by atoms with E-state index in [0.717, 1.165) is 23.7 Å². The molecule has 5 rings (SSSR count). The predicted molar refractivity (Wildman–Crippen MR) is 114 cm³/mol. The molecular weight excluding hydrogens is 432 g/mol. The fourth-order valence-corrected chi connectivity index (χ4v) is 3.77. The fraction of sp³-hybridized carbons (Fsp3) is 0.136. The highest BCUT2D eigenvalue weighted by Crippen LogP contribution is 2.25. The molecule has 0 radical (unpaired) electrons. The highest BCUT2D eigenvalue weighted by atomic mass is 19.1. The van der Waals surface area contributed by atoms with Gasteiger partial charge in [0, 0.05) is 18.9 Å². The first-order valence-corrected chi connectivity index (χ1v) is 10.1. The molecule has 3 heterocycles. The lowest BCUT2D eigenvalue weighted by molar-refractivity contribution is 0.0690. The number of carbonyl (C=O) groups is 1. The number of fused-ring (bicyclic) bond motifs is 1. The van der Waals surface area contributed by atoms with Gasteiger partial charge in [-0.2, -0.15) is 0 Å². The van der Waals surface area contributed by atoms with Gasteiger partial charge in [-0.3, -0.25) is 0 Å². The van der Waals surface area contributed by atoms with E-state index in [1.54, 1.807) is 22.9 Å². The van der Waals surface area contributed by atoms with Crippen molar-refractivity contribution in [2.75, 3.05) is 0 Å². The van der Waals surface area contributed by atoms with Crippen LogP contribution in [0.1, 0.15) is 23.2 Å². The summed E-state index contributed by atoms with van der Waals surface area (Å²) in [5.74, 6) is -1.28. The van der Waals surface area contributed by atoms with Gasteiger partial charge < -0.3 is 14.2 Å². The van der Waals surface area contributed by atoms with Crippen LogP contribution in [0.15, 0.2) is 55.0 Å². The standard InChI is InChI=1S/C22H17F2N7O2/c1-2-30-19-6-4-14(31-11-18(22(32)33)27-28-31)10-17(19)26-20(30)12-29-8-7-25-21(29)15-9-13(23)3-5-16(15)24/h3-11H,2,12H2,1H3,(H,32,33). The van der Waals surface area contributed by atoms with Crippen molar-refractivity contribution in [2.45, 2.75) is 20.0 Å². The monoisotopic (exact) mass is 449 g/mol. The number of carboxylic acids is 1. The van der Waals surface area contributed by atoms with Crippen molar-refractivity contribution in [3.05, 3.63) is 78.1 Å². The van der Waals surface area contributed by atoms with Crippen molar-refractivity contribution in [1.82, 2.24) is 34.1 Å². The van der Waals surface area contributed by atoms with E-state index < -0.39 is 17.6 Å². The Morgan fingerprint density at radius 1 is 1.15 bits per heavy atom. The lowest BCUT2D eigenvalue weighted by atomic mass is 10.2. The summed E-state index contributed by atoms with van der Waals surface area (Å²) in [7, 11) is 0. The van der Waals surface area contributed by atoms with Crippen molar-refractivity contribution >= 4 is 17.0 Å². The molecule has 1 N–H and O–H groups in total. The first kappa shape index (κ1) is 20.5. The van der Waals surface area contributed by atoms with Crippen LogP contribution in [0.5, 0.6) is 0 Å². The van der Waals surface area contributed by atoms with Crippen LogP contribution in [-0.4, -0.2) is 45.2 Å². The number of carboxylic acid groups (broad SMARTS) is 1. The van der Waals surface area contributed by atoms with E-state index in [4.69, 9.17) is 10.1 Å². The average Bonchev–Trinajstić information content (AvgIpc) is 3.53. The minimum atomic E-state index is -1.16. The zero-order valence-corrected chi connectivity index (χ0v) is 17.4. The number of benzene rings is 2. The third-order valence-electron chi connectivity index (χ3n) is 5.30. The predicted octanol–water partition coefficient (Wildman–Crippen LogP) is 3.53. The molecule has 3 aromatic heterocycles. The maximum atomic E-state index is 14.3. The van der Waals surface area contributed by atoms with Gasteiger partial charge >= 0.3 is 5.97 Å². The Labute approximate surface area is 185 Å². The van der Waals surface area contributed by atoms with E-state index in [9.17, 15) is 13.6 Å². The first-order chi connectivity index (χ1) is 15.9. The summed E-state index contributed by atoms with van der Waals surface area (Å²) < 4.78 is 33.1. The highest BCUT2D eigenvalue weighted by Gasteiger charge is 2.17. The maximum absolute atomic E-state index is 14.3.